The zero-order valence-electron chi connectivity index (χ0n) is 22.1. The molecule has 0 aliphatic carbocycles. The van der Waals surface area contributed by atoms with Crippen molar-refractivity contribution in [3.8, 4) is 5.75 Å². The number of amides is 2. The number of benzene rings is 3. The third-order valence-electron chi connectivity index (χ3n) is 6.45. The Hall–Kier alpha value is -2.82. The van der Waals surface area contributed by atoms with E-state index >= 15 is 0 Å². The van der Waals surface area contributed by atoms with E-state index in [2.05, 4.69) is 15.9 Å². The summed E-state index contributed by atoms with van der Waals surface area (Å²) in [4.78, 5) is 34.9. The third kappa shape index (κ3) is 7.16. The minimum Gasteiger partial charge on any atom is -0.488 e. The van der Waals surface area contributed by atoms with Crippen LogP contribution in [-0.2, 0) is 16.1 Å². The molecule has 3 aromatic carbocycles. The van der Waals surface area contributed by atoms with E-state index in [1.54, 1.807) is 34.1 Å². The number of aliphatic imine (C=N–C) groups is 1. The number of hydrogen-bond acceptors (Lipinski definition) is 6. The molecule has 0 aromatic heterocycles. The number of carbonyl (C=O) groups excluding carboxylic acids is 2. The van der Waals surface area contributed by atoms with E-state index in [-0.39, 0.29) is 11.8 Å². The largest absolute Gasteiger partial charge is 0.488 e. The third-order valence-corrected chi connectivity index (χ3v) is 8.82. The Balaban J connectivity index is 1.30. The van der Waals surface area contributed by atoms with Gasteiger partial charge in [-0.1, -0.05) is 41.4 Å². The fourth-order valence-corrected chi connectivity index (χ4v) is 6.20. The van der Waals surface area contributed by atoms with Crippen molar-refractivity contribution < 1.29 is 19.1 Å². The van der Waals surface area contributed by atoms with E-state index in [1.165, 1.54) is 11.8 Å². The minimum atomic E-state index is -0.118. The molecule has 0 N–H and O–H groups in total. The molecule has 0 radical (unpaired) electrons. The molecule has 5 rings (SSSR count). The topological polar surface area (TPSA) is 71.4 Å². The number of halogens is 3. The Bertz CT molecular complexity index is 1540. The molecule has 2 amide bonds. The number of rotatable bonds is 7. The summed E-state index contributed by atoms with van der Waals surface area (Å²) in [6, 6.07) is 18.2. The number of morpholine rings is 1. The molecule has 41 heavy (non-hydrogen) atoms. The monoisotopic (exact) mass is 673 g/mol. The van der Waals surface area contributed by atoms with E-state index in [0.717, 1.165) is 15.6 Å². The highest BCUT2D eigenvalue weighted by atomic mass is 79.9. The van der Waals surface area contributed by atoms with Crippen LogP contribution in [0.5, 0.6) is 5.75 Å². The normalized spacial score (nSPS) is 17.5. The predicted octanol–water partition coefficient (Wildman–Crippen LogP) is 7.43. The van der Waals surface area contributed by atoms with Gasteiger partial charge >= 0.3 is 0 Å². The molecule has 11 heteroatoms. The molecule has 212 valence electrons. The van der Waals surface area contributed by atoms with Gasteiger partial charge in [0.1, 0.15) is 12.4 Å². The molecular weight excluding hydrogens is 649 g/mol. The van der Waals surface area contributed by atoms with Crippen LogP contribution in [0.3, 0.4) is 0 Å². The van der Waals surface area contributed by atoms with Crippen LogP contribution in [0.1, 0.15) is 28.4 Å². The van der Waals surface area contributed by atoms with Gasteiger partial charge in [0.15, 0.2) is 5.17 Å². The molecule has 0 bridgehead atoms. The van der Waals surface area contributed by atoms with E-state index in [0.29, 0.717) is 76.6 Å². The molecular formula is C30H26BrCl2N3O4S. The second-order valence-corrected chi connectivity index (χ2v) is 11.9. The molecule has 3 aromatic rings. The molecule has 2 aliphatic rings. The maximum Gasteiger partial charge on any atom is 0.266 e. The zero-order chi connectivity index (χ0) is 28.9. The maximum atomic E-state index is 13.2. The van der Waals surface area contributed by atoms with Gasteiger partial charge in [-0.25, -0.2) is 4.99 Å². The number of hydrogen-bond donors (Lipinski definition) is 0. The first kappa shape index (κ1) is 29.7. The van der Waals surface area contributed by atoms with Crippen molar-refractivity contribution in [2.24, 2.45) is 4.99 Å². The van der Waals surface area contributed by atoms with Gasteiger partial charge in [0.25, 0.3) is 11.8 Å². The fraction of sp³-hybridized carbons (Fsp3) is 0.233. The van der Waals surface area contributed by atoms with Crippen molar-refractivity contribution in [1.82, 2.24) is 9.80 Å². The molecule has 2 fully saturated rings. The van der Waals surface area contributed by atoms with Gasteiger partial charge in [0.05, 0.1) is 38.3 Å². The van der Waals surface area contributed by atoms with Crippen LogP contribution in [0, 0.1) is 0 Å². The molecule has 2 aliphatic heterocycles. The Labute approximate surface area is 261 Å². The van der Waals surface area contributed by atoms with E-state index < -0.39 is 0 Å². The quantitative estimate of drug-likeness (QED) is 0.244. The van der Waals surface area contributed by atoms with Gasteiger partial charge in [-0.05, 0) is 94.3 Å². The lowest BCUT2D eigenvalue weighted by Gasteiger charge is -2.26. The van der Waals surface area contributed by atoms with Gasteiger partial charge in [0, 0.05) is 25.2 Å². The highest BCUT2D eigenvalue weighted by Crippen LogP contribution is 2.36. The number of likely N-dealkylation sites (N-methyl/N-ethyl adjacent to an activating group) is 1. The van der Waals surface area contributed by atoms with E-state index in [9.17, 15) is 9.59 Å². The highest BCUT2D eigenvalue weighted by Gasteiger charge is 2.32. The maximum absolute atomic E-state index is 13.2. The summed E-state index contributed by atoms with van der Waals surface area (Å²) in [5.41, 5.74) is 2.91. The lowest BCUT2D eigenvalue weighted by molar-refractivity contribution is -0.122. The molecule has 0 saturated carbocycles. The Morgan fingerprint density at radius 3 is 2.63 bits per heavy atom. The summed E-state index contributed by atoms with van der Waals surface area (Å²) in [5, 5.41) is 1.54. The number of thioether (sulfide) groups is 1. The number of nitrogens with zero attached hydrogens (tertiary/aromatic N) is 3. The predicted molar refractivity (Wildman–Crippen MR) is 168 cm³/mol. The summed E-state index contributed by atoms with van der Waals surface area (Å²) < 4.78 is 12.1. The molecule has 2 heterocycles. The molecule has 2 saturated heterocycles. The Kier molecular flexibility index (Phi) is 9.72. The van der Waals surface area contributed by atoms with Crippen molar-refractivity contribution in [3.05, 3.63) is 96.8 Å². The van der Waals surface area contributed by atoms with Crippen LogP contribution in [-0.4, -0.2) is 59.6 Å². The van der Waals surface area contributed by atoms with E-state index in [4.69, 9.17) is 37.7 Å². The van der Waals surface area contributed by atoms with Gasteiger partial charge in [0.2, 0.25) is 0 Å². The van der Waals surface area contributed by atoms with Crippen LogP contribution in [0.25, 0.3) is 6.08 Å². The number of amidine groups is 1. The molecule has 0 spiro atoms. The highest BCUT2D eigenvalue weighted by molar-refractivity contribution is 9.10. The average Bonchev–Trinajstić information content (AvgIpc) is 3.27. The summed E-state index contributed by atoms with van der Waals surface area (Å²) in [6.45, 7) is 4.93. The molecule has 7 nitrogen and oxygen atoms in total. The Morgan fingerprint density at radius 1 is 1.10 bits per heavy atom. The second kappa shape index (κ2) is 13.4. The standard InChI is InChI=1S/C30H26BrCl2N3O4S/c1-2-36-29(38)27(16-19-7-9-26(23(31)14-19)40-18-20-6-8-24(32)25(33)15-20)41-30(36)34-22-5-3-4-21(17-22)28(37)35-10-12-39-13-11-35/h3-9,14-17H,2,10-13,18H2,1H3/b27-16+,34-30?. The van der Waals surface area contributed by atoms with Crippen molar-refractivity contribution in [2.45, 2.75) is 13.5 Å². The summed E-state index contributed by atoms with van der Waals surface area (Å²) in [6.07, 6.45) is 1.84. The van der Waals surface area contributed by atoms with Crippen molar-refractivity contribution in [2.75, 3.05) is 32.8 Å². The summed E-state index contributed by atoms with van der Waals surface area (Å²) in [5.74, 6) is 0.494. The average molecular weight is 675 g/mol. The smallest absolute Gasteiger partial charge is 0.266 e. The van der Waals surface area contributed by atoms with Gasteiger partial charge in [-0.3, -0.25) is 14.5 Å². The van der Waals surface area contributed by atoms with Crippen molar-refractivity contribution in [3.63, 3.8) is 0 Å². The van der Waals surface area contributed by atoms with Crippen molar-refractivity contribution in [1.29, 1.82) is 0 Å². The fourth-order valence-electron chi connectivity index (χ4n) is 4.30. The van der Waals surface area contributed by atoms with Crippen LogP contribution in [0.2, 0.25) is 10.0 Å². The van der Waals surface area contributed by atoms with Crippen molar-refractivity contribution >= 4 is 79.6 Å². The van der Waals surface area contributed by atoms with Gasteiger partial charge in [-0.2, -0.15) is 0 Å². The van der Waals surface area contributed by atoms with Gasteiger partial charge < -0.3 is 14.4 Å². The number of ether oxygens (including phenoxy) is 2. The van der Waals surface area contributed by atoms with Crippen LogP contribution in [0.4, 0.5) is 5.69 Å². The first-order valence-corrected chi connectivity index (χ1v) is 15.3. The van der Waals surface area contributed by atoms with Crippen LogP contribution < -0.4 is 4.74 Å². The lowest BCUT2D eigenvalue weighted by Crippen LogP contribution is -2.40. The molecule has 0 unspecified atom stereocenters. The summed E-state index contributed by atoms with van der Waals surface area (Å²) >= 11 is 17.0. The minimum absolute atomic E-state index is 0.0478. The summed E-state index contributed by atoms with van der Waals surface area (Å²) in [7, 11) is 0. The zero-order valence-corrected chi connectivity index (χ0v) is 26.0. The molecule has 0 atom stereocenters. The first-order chi connectivity index (χ1) is 19.8. The van der Waals surface area contributed by atoms with E-state index in [1.807, 2.05) is 49.4 Å². The second-order valence-electron chi connectivity index (χ2n) is 9.24. The lowest BCUT2D eigenvalue weighted by atomic mass is 10.1. The van der Waals surface area contributed by atoms with Crippen LogP contribution in [0.15, 0.2) is 75.0 Å². The number of carbonyl (C=O) groups is 2. The van der Waals surface area contributed by atoms with Crippen LogP contribution >= 0.6 is 50.9 Å². The SMILES string of the molecule is CCN1C(=O)/C(=C\c2ccc(OCc3ccc(Cl)c(Cl)c3)c(Br)c2)SC1=Nc1cccc(C(=O)N2CCOCC2)c1. The van der Waals surface area contributed by atoms with Gasteiger partial charge in [-0.15, -0.1) is 0 Å². The first-order valence-electron chi connectivity index (χ1n) is 13.0. The Morgan fingerprint density at radius 2 is 1.90 bits per heavy atom.